The number of Topliss-reactive ketones (excluding diaryl/α,β-unsaturated/α-hetero) is 1. The van der Waals surface area contributed by atoms with Gasteiger partial charge in [0, 0.05) is 18.7 Å². The van der Waals surface area contributed by atoms with Gasteiger partial charge < -0.3 is 18.9 Å². The number of allylic oxidation sites excluding steroid dienone is 1. The number of nitrogens with zero attached hydrogens (tertiary/aromatic N) is 1. The van der Waals surface area contributed by atoms with Crippen molar-refractivity contribution in [2.75, 3.05) is 40.5 Å². The molecule has 2 heterocycles. The summed E-state index contributed by atoms with van der Waals surface area (Å²) in [5.41, 5.74) is 1.30. The maximum absolute atomic E-state index is 12.7. The summed E-state index contributed by atoms with van der Waals surface area (Å²) in [4.78, 5) is 15.1. The Morgan fingerprint density at radius 3 is 2.37 bits per heavy atom. The third kappa shape index (κ3) is 4.89. The number of hydrogen-bond acceptors (Lipinski definition) is 6. The maximum Gasteiger partial charge on any atom is 0.231 e. The first-order valence-electron chi connectivity index (χ1n) is 9.83. The van der Waals surface area contributed by atoms with Crippen molar-refractivity contribution in [1.29, 1.82) is 0 Å². The zero-order chi connectivity index (χ0) is 20.2. The van der Waals surface area contributed by atoms with Crippen LogP contribution in [-0.4, -0.2) is 51.1 Å². The van der Waals surface area contributed by atoms with E-state index in [1.165, 1.54) is 12.8 Å². The van der Waals surface area contributed by atoms with Crippen LogP contribution in [0.4, 0.5) is 0 Å². The zero-order valence-corrected chi connectivity index (χ0v) is 18.0. The van der Waals surface area contributed by atoms with Crippen LogP contribution in [0.1, 0.15) is 28.8 Å². The number of ketones is 1. The smallest absolute Gasteiger partial charge is 0.231 e. The molecule has 0 spiro atoms. The van der Waals surface area contributed by atoms with E-state index in [2.05, 4.69) is 4.90 Å². The van der Waals surface area contributed by atoms with Crippen molar-refractivity contribution in [3.05, 3.63) is 53.3 Å². The molecule has 0 atom stereocenters. The number of likely N-dealkylation sites (tertiary alicyclic amines) is 1. The Balaban J connectivity index is 0.00000256. The van der Waals surface area contributed by atoms with Crippen molar-refractivity contribution >= 4 is 24.3 Å². The molecule has 0 aliphatic carbocycles. The molecule has 6 nitrogen and oxygen atoms in total. The highest BCUT2D eigenvalue weighted by Gasteiger charge is 2.28. The number of fused-ring (bicyclic) bond motifs is 1. The van der Waals surface area contributed by atoms with E-state index in [-0.39, 0.29) is 23.9 Å². The fourth-order valence-corrected chi connectivity index (χ4v) is 3.62. The highest BCUT2D eigenvalue weighted by molar-refractivity contribution is 6.14. The highest BCUT2D eigenvalue weighted by Crippen LogP contribution is 2.35. The number of halogens is 1. The van der Waals surface area contributed by atoms with Gasteiger partial charge >= 0.3 is 0 Å². The Labute approximate surface area is 182 Å². The molecule has 1 saturated heterocycles. The van der Waals surface area contributed by atoms with E-state index in [9.17, 15) is 4.79 Å². The molecule has 0 amide bonds. The minimum Gasteiger partial charge on any atom is -0.497 e. The van der Waals surface area contributed by atoms with Crippen molar-refractivity contribution < 1.29 is 23.7 Å². The topological polar surface area (TPSA) is 57.2 Å². The molecule has 0 N–H and O–H groups in total. The summed E-state index contributed by atoms with van der Waals surface area (Å²) in [6.45, 7) is 3.83. The Bertz CT molecular complexity index is 915. The van der Waals surface area contributed by atoms with Crippen LogP contribution in [0.25, 0.3) is 6.08 Å². The standard InChI is InChI=1S/C23H25NO5.ClH/c1-26-18-11-16(12-19(14-18)27-2)13-22-23(25)20-6-5-17(15-21(20)29-22)28-10-9-24-7-3-4-8-24;/h5-6,11-15H,3-4,7-10H2,1-2H3;1H/b22-13-;. The fourth-order valence-electron chi connectivity index (χ4n) is 3.62. The minimum absolute atomic E-state index is 0. The van der Waals surface area contributed by atoms with Gasteiger partial charge in [0.05, 0.1) is 19.8 Å². The summed E-state index contributed by atoms with van der Waals surface area (Å²) in [6.07, 6.45) is 4.23. The summed E-state index contributed by atoms with van der Waals surface area (Å²) in [6, 6.07) is 10.8. The van der Waals surface area contributed by atoms with Gasteiger partial charge in [-0.1, -0.05) is 0 Å². The van der Waals surface area contributed by atoms with Crippen LogP contribution < -0.4 is 18.9 Å². The van der Waals surface area contributed by atoms with Gasteiger partial charge in [0.2, 0.25) is 5.78 Å². The second kappa shape index (κ2) is 9.87. The molecule has 0 bridgehead atoms. The maximum atomic E-state index is 12.7. The van der Waals surface area contributed by atoms with Gasteiger partial charge in [0.25, 0.3) is 0 Å². The molecule has 2 aromatic rings. The first kappa shape index (κ1) is 22.0. The molecular formula is C23H26ClNO5. The van der Waals surface area contributed by atoms with E-state index >= 15 is 0 Å². The molecule has 0 unspecified atom stereocenters. The highest BCUT2D eigenvalue weighted by atomic mass is 35.5. The van der Waals surface area contributed by atoms with Crippen LogP contribution in [0.15, 0.2) is 42.2 Å². The molecule has 2 aliphatic heterocycles. The molecule has 160 valence electrons. The second-order valence-corrected chi connectivity index (χ2v) is 7.14. The minimum atomic E-state index is -0.148. The Hall–Kier alpha value is -2.70. The van der Waals surface area contributed by atoms with Gasteiger partial charge in [0.1, 0.15) is 29.6 Å². The molecule has 2 aromatic carbocycles. The Morgan fingerprint density at radius 2 is 1.70 bits per heavy atom. The van der Waals surface area contributed by atoms with Crippen LogP contribution in [0.5, 0.6) is 23.0 Å². The van der Waals surface area contributed by atoms with Gasteiger partial charge in [-0.05, 0) is 61.8 Å². The molecule has 30 heavy (non-hydrogen) atoms. The lowest BCUT2D eigenvalue weighted by molar-refractivity contribution is 0.101. The van der Waals surface area contributed by atoms with Gasteiger partial charge in [0.15, 0.2) is 5.76 Å². The zero-order valence-electron chi connectivity index (χ0n) is 17.2. The third-order valence-electron chi connectivity index (χ3n) is 5.19. The van der Waals surface area contributed by atoms with E-state index in [0.29, 0.717) is 35.2 Å². The van der Waals surface area contributed by atoms with Crippen molar-refractivity contribution in [1.82, 2.24) is 4.90 Å². The SMILES string of the molecule is COc1cc(/C=C2\Oc3cc(OCCN4CCCC4)ccc3C2=O)cc(OC)c1.Cl. The summed E-state index contributed by atoms with van der Waals surface area (Å²) in [7, 11) is 3.17. The van der Waals surface area contributed by atoms with Gasteiger partial charge in [-0.15, -0.1) is 12.4 Å². The third-order valence-corrected chi connectivity index (χ3v) is 5.19. The Morgan fingerprint density at radius 1 is 1.00 bits per heavy atom. The van der Waals surface area contributed by atoms with E-state index < -0.39 is 0 Å². The summed E-state index contributed by atoms with van der Waals surface area (Å²) in [5.74, 6) is 2.64. The summed E-state index contributed by atoms with van der Waals surface area (Å²) in [5, 5.41) is 0. The van der Waals surface area contributed by atoms with Crippen LogP contribution in [-0.2, 0) is 0 Å². The number of rotatable bonds is 7. The number of carbonyl (C=O) groups is 1. The van der Waals surface area contributed by atoms with E-state index in [1.807, 2.05) is 18.2 Å². The van der Waals surface area contributed by atoms with Crippen molar-refractivity contribution in [3.8, 4) is 23.0 Å². The first-order chi connectivity index (χ1) is 14.2. The lowest BCUT2D eigenvalue weighted by Gasteiger charge is -2.15. The van der Waals surface area contributed by atoms with E-state index in [0.717, 1.165) is 25.2 Å². The quantitative estimate of drug-likeness (QED) is 0.612. The van der Waals surface area contributed by atoms with Crippen molar-refractivity contribution in [2.45, 2.75) is 12.8 Å². The van der Waals surface area contributed by atoms with Gasteiger partial charge in [-0.2, -0.15) is 0 Å². The van der Waals surface area contributed by atoms with Gasteiger partial charge in [-0.3, -0.25) is 9.69 Å². The molecule has 0 aromatic heterocycles. The number of ether oxygens (including phenoxy) is 4. The van der Waals surface area contributed by atoms with E-state index in [1.54, 1.807) is 38.5 Å². The lowest BCUT2D eigenvalue weighted by atomic mass is 10.1. The molecule has 1 fully saturated rings. The number of carbonyl (C=O) groups excluding carboxylic acids is 1. The molecule has 2 aliphatic rings. The predicted molar refractivity (Wildman–Crippen MR) is 117 cm³/mol. The van der Waals surface area contributed by atoms with Crippen LogP contribution in [0.2, 0.25) is 0 Å². The molecule has 4 rings (SSSR count). The monoisotopic (exact) mass is 431 g/mol. The Kier molecular flexibility index (Phi) is 7.24. The summed E-state index contributed by atoms with van der Waals surface area (Å²) >= 11 is 0. The molecule has 0 radical (unpaired) electrons. The fraction of sp³-hybridized carbons (Fsp3) is 0.348. The number of benzene rings is 2. The average molecular weight is 432 g/mol. The van der Waals surface area contributed by atoms with Crippen LogP contribution in [0, 0.1) is 0 Å². The predicted octanol–water partition coefficient (Wildman–Crippen LogP) is 4.22. The summed E-state index contributed by atoms with van der Waals surface area (Å²) < 4.78 is 22.3. The largest absolute Gasteiger partial charge is 0.497 e. The van der Waals surface area contributed by atoms with E-state index in [4.69, 9.17) is 18.9 Å². The average Bonchev–Trinajstić information content (AvgIpc) is 3.36. The van der Waals surface area contributed by atoms with Crippen LogP contribution >= 0.6 is 12.4 Å². The first-order valence-corrected chi connectivity index (χ1v) is 9.83. The molecule has 7 heteroatoms. The number of methoxy groups -OCH3 is 2. The molecule has 0 saturated carbocycles. The van der Waals surface area contributed by atoms with Crippen molar-refractivity contribution in [2.24, 2.45) is 0 Å². The molecular weight excluding hydrogens is 406 g/mol. The lowest BCUT2D eigenvalue weighted by Crippen LogP contribution is -2.25. The van der Waals surface area contributed by atoms with Gasteiger partial charge in [-0.25, -0.2) is 0 Å². The second-order valence-electron chi connectivity index (χ2n) is 7.14. The van der Waals surface area contributed by atoms with Crippen molar-refractivity contribution in [3.63, 3.8) is 0 Å². The number of hydrogen-bond donors (Lipinski definition) is 0. The normalized spacial score (nSPS) is 16.7. The van der Waals surface area contributed by atoms with Crippen LogP contribution in [0.3, 0.4) is 0 Å².